The number of aromatic amines is 1. The molecule has 2 rings (SSSR count). The number of nitrogens with one attached hydrogen (secondary N) is 1. The van der Waals surface area contributed by atoms with Crippen LogP contribution < -0.4 is 10.3 Å². The molecule has 0 spiro atoms. The number of benzene rings is 1. The van der Waals surface area contributed by atoms with E-state index < -0.39 is 5.97 Å². The Labute approximate surface area is 116 Å². The van der Waals surface area contributed by atoms with Crippen LogP contribution in [0.25, 0.3) is 10.9 Å². The van der Waals surface area contributed by atoms with Gasteiger partial charge >= 0.3 is 5.97 Å². The van der Waals surface area contributed by atoms with E-state index in [1.165, 1.54) is 13.2 Å². The quantitative estimate of drug-likeness (QED) is 0.879. The topological polar surface area (TPSA) is 79.4 Å². The first-order chi connectivity index (χ1) is 9.58. The van der Waals surface area contributed by atoms with Crippen LogP contribution in [0.2, 0.25) is 0 Å². The van der Waals surface area contributed by atoms with Crippen molar-refractivity contribution in [2.75, 3.05) is 7.11 Å². The van der Waals surface area contributed by atoms with E-state index >= 15 is 0 Å². The zero-order valence-corrected chi connectivity index (χ0v) is 11.5. The number of unbranched alkanes of at least 4 members (excludes halogenated alkanes) is 1. The minimum absolute atomic E-state index is 0.000415. The lowest BCUT2D eigenvalue weighted by molar-refractivity contribution is 0.0695. The Morgan fingerprint density at radius 1 is 1.40 bits per heavy atom. The molecule has 0 radical (unpaired) electrons. The molecule has 0 fully saturated rings. The standard InChI is InChI=1S/C15H17NO4/c1-3-4-5-9-8-12(17)16-14-10(9)6-7-11(20-2)13(14)15(18)19/h6-8H,3-5H2,1-2H3,(H,16,17)(H,18,19). The molecule has 0 aliphatic heterocycles. The monoisotopic (exact) mass is 275 g/mol. The molecule has 0 amide bonds. The molecular formula is C15H17NO4. The van der Waals surface area contributed by atoms with Crippen LogP contribution in [0.4, 0.5) is 0 Å². The molecule has 0 unspecified atom stereocenters. The summed E-state index contributed by atoms with van der Waals surface area (Å²) in [5, 5.41) is 10.1. The van der Waals surface area contributed by atoms with Crippen LogP contribution in [0, 0.1) is 0 Å². The maximum Gasteiger partial charge on any atom is 0.341 e. The Kier molecular flexibility index (Phi) is 4.08. The first kappa shape index (κ1) is 14.1. The number of pyridine rings is 1. The van der Waals surface area contributed by atoms with E-state index in [4.69, 9.17) is 4.74 Å². The van der Waals surface area contributed by atoms with Gasteiger partial charge in [0.2, 0.25) is 5.56 Å². The highest BCUT2D eigenvalue weighted by atomic mass is 16.5. The number of ether oxygens (including phenoxy) is 1. The lowest BCUT2D eigenvalue weighted by atomic mass is 10.0. The van der Waals surface area contributed by atoms with Crippen molar-refractivity contribution in [3.63, 3.8) is 0 Å². The fourth-order valence-electron chi connectivity index (χ4n) is 2.33. The molecule has 0 aliphatic carbocycles. The average Bonchev–Trinajstić information content (AvgIpc) is 2.42. The van der Waals surface area contributed by atoms with Crippen molar-refractivity contribution < 1.29 is 14.6 Å². The van der Waals surface area contributed by atoms with E-state index in [1.807, 2.05) is 0 Å². The molecule has 106 valence electrons. The fraction of sp³-hybridized carbons (Fsp3) is 0.333. The lowest BCUT2D eigenvalue weighted by Crippen LogP contribution is -2.11. The number of carboxylic acids is 1. The van der Waals surface area contributed by atoms with Crippen LogP contribution in [0.5, 0.6) is 5.75 Å². The molecule has 0 saturated carbocycles. The van der Waals surface area contributed by atoms with Crippen LogP contribution in [0.1, 0.15) is 35.7 Å². The van der Waals surface area contributed by atoms with E-state index in [2.05, 4.69) is 11.9 Å². The molecule has 20 heavy (non-hydrogen) atoms. The Morgan fingerprint density at radius 2 is 2.15 bits per heavy atom. The highest BCUT2D eigenvalue weighted by Crippen LogP contribution is 2.28. The summed E-state index contributed by atoms with van der Waals surface area (Å²) < 4.78 is 5.07. The van der Waals surface area contributed by atoms with Crippen molar-refractivity contribution in [2.45, 2.75) is 26.2 Å². The van der Waals surface area contributed by atoms with Gasteiger partial charge in [0, 0.05) is 11.5 Å². The normalized spacial score (nSPS) is 10.7. The predicted octanol–water partition coefficient (Wildman–Crippen LogP) is 2.58. The molecule has 1 aromatic heterocycles. The molecule has 1 aromatic carbocycles. The molecular weight excluding hydrogens is 258 g/mol. The van der Waals surface area contributed by atoms with Gasteiger partial charge in [0.15, 0.2) is 0 Å². The highest BCUT2D eigenvalue weighted by molar-refractivity contribution is 6.05. The molecule has 0 atom stereocenters. The molecule has 0 aliphatic rings. The maximum absolute atomic E-state index is 11.8. The second-order valence-corrected chi connectivity index (χ2v) is 4.63. The molecule has 0 saturated heterocycles. The Bertz CT molecular complexity index is 703. The maximum atomic E-state index is 11.8. The Morgan fingerprint density at radius 3 is 2.75 bits per heavy atom. The van der Waals surface area contributed by atoms with E-state index in [1.54, 1.807) is 12.1 Å². The summed E-state index contributed by atoms with van der Waals surface area (Å²) in [6, 6.07) is 4.96. The smallest absolute Gasteiger partial charge is 0.341 e. The van der Waals surface area contributed by atoms with Gasteiger partial charge in [-0.3, -0.25) is 4.79 Å². The van der Waals surface area contributed by atoms with Gasteiger partial charge in [-0.25, -0.2) is 4.79 Å². The predicted molar refractivity (Wildman–Crippen MR) is 76.7 cm³/mol. The summed E-state index contributed by atoms with van der Waals surface area (Å²) in [5.74, 6) is -0.871. The molecule has 5 heteroatoms. The van der Waals surface area contributed by atoms with Gasteiger partial charge in [-0.1, -0.05) is 13.3 Å². The number of hydrogen-bond donors (Lipinski definition) is 2. The Balaban J connectivity index is 2.77. The molecule has 2 aromatic rings. The summed E-state index contributed by atoms with van der Waals surface area (Å²) in [7, 11) is 1.41. The number of carboxylic acid groups (broad SMARTS) is 1. The first-order valence-electron chi connectivity index (χ1n) is 6.54. The average molecular weight is 275 g/mol. The lowest BCUT2D eigenvalue weighted by Gasteiger charge is -2.11. The van der Waals surface area contributed by atoms with Gasteiger partial charge in [0.25, 0.3) is 0 Å². The summed E-state index contributed by atoms with van der Waals surface area (Å²) in [4.78, 5) is 25.8. The van der Waals surface area contributed by atoms with Gasteiger partial charge in [-0.2, -0.15) is 0 Å². The van der Waals surface area contributed by atoms with Crippen molar-refractivity contribution in [3.05, 3.63) is 39.7 Å². The van der Waals surface area contributed by atoms with E-state index in [-0.39, 0.29) is 16.9 Å². The molecule has 0 bridgehead atoms. The van der Waals surface area contributed by atoms with Crippen molar-refractivity contribution >= 4 is 16.9 Å². The van der Waals surface area contributed by atoms with Crippen molar-refractivity contribution in [1.29, 1.82) is 0 Å². The summed E-state index contributed by atoms with van der Waals surface area (Å²) >= 11 is 0. The van der Waals surface area contributed by atoms with Gasteiger partial charge in [-0.05, 0) is 30.5 Å². The third-order valence-electron chi connectivity index (χ3n) is 3.30. The second-order valence-electron chi connectivity index (χ2n) is 4.63. The van der Waals surface area contributed by atoms with Crippen molar-refractivity contribution in [2.24, 2.45) is 0 Å². The summed E-state index contributed by atoms with van der Waals surface area (Å²) in [5.41, 5.74) is 0.908. The van der Waals surface area contributed by atoms with E-state index in [0.29, 0.717) is 5.52 Å². The third-order valence-corrected chi connectivity index (χ3v) is 3.30. The van der Waals surface area contributed by atoms with E-state index in [0.717, 1.165) is 30.2 Å². The van der Waals surface area contributed by atoms with Crippen LogP contribution >= 0.6 is 0 Å². The number of aromatic carboxylic acids is 1. The Hall–Kier alpha value is -2.30. The first-order valence-corrected chi connectivity index (χ1v) is 6.54. The zero-order chi connectivity index (χ0) is 14.7. The second kappa shape index (κ2) is 5.77. The minimum Gasteiger partial charge on any atom is -0.496 e. The van der Waals surface area contributed by atoms with Gasteiger partial charge in [0.05, 0.1) is 12.6 Å². The van der Waals surface area contributed by atoms with Gasteiger partial charge < -0.3 is 14.8 Å². The molecule has 2 N–H and O–H groups in total. The molecule has 5 nitrogen and oxygen atoms in total. The summed E-state index contributed by atoms with van der Waals surface area (Å²) in [6.45, 7) is 2.07. The number of methoxy groups -OCH3 is 1. The highest BCUT2D eigenvalue weighted by Gasteiger charge is 2.17. The third kappa shape index (κ3) is 2.52. The zero-order valence-electron chi connectivity index (χ0n) is 11.5. The van der Waals surface area contributed by atoms with Crippen LogP contribution in [0.15, 0.2) is 23.0 Å². The number of hydrogen-bond acceptors (Lipinski definition) is 3. The minimum atomic E-state index is -1.12. The van der Waals surface area contributed by atoms with Crippen LogP contribution in [-0.4, -0.2) is 23.2 Å². The van der Waals surface area contributed by atoms with Crippen molar-refractivity contribution in [3.8, 4) is 5.75 Å². The number of aryl methyl sites for hydroxylation is 1. The van der Waals surface area contributed by atoms with Crippen LogP contribution in [0.3, 0.4) is 0 Å². The number of rotatable bonds is 5. The number of H-pyrrole nitrogens is 1. The molecule has 1 heterocycles. The van der Waals surface area contributed by atoms with Crippen molar-refractivity contribution in [1.82, 2.24) is 4.98 Å². The van der Waals surface area contributed by atoms with E-state index in [9.17, 15) is 14.7 Å². The van der Waals surface area contributed by atoms with Crippen LogP contribution in [-0.2, 0) is 6.42 Å². The summed E-state index contributed by atoms with van der Waals surface area (Å²) in [6.07, 6.45) is 2.71. The largest absolute Gasteiger partial charge is 0.496 e. The number of carbonyl (C=O) groups is 1. The number of fused-ring (bicyclic) bond motifs is 1. The number of aromatic nitrogens is 1. The SMILES string of the molecule is CCCCc1cc(=O)[nH]c2c(C(=O)O)c(OC)ccc12. The van der Waals surface area contributed by atoms with Gasteiger partial charge in [0.1, 0.15) is 11.3 Å². The van der Waals surface area contributed by atoms with Gasteiger partial charge in [-0.15, -0.1) is 0 Å². The fourth-order valence-corrected chi connectivity index (χ4v) is 2.33.